The zero-order valence-corrected chi connectivity index (χ0v) is 11.5. The highest BCUT2D eigenvalue weighted by Crippen LogP contribution is 2.03. The van der Waals surface area contributed by atoms with Crippen LogP contribution in [0.4, 0.5) is 0 Å². The zero-order chi connectivity index (χ0) is 11.7. The molecule has 0 aliphatic heterocycles. The first kappa shape index (κ1) is 15.5. The summed E-state index contributed by atoms with van der Waals surface area (Å²) in [4.78, 5) is 0. The van der Waals surface area contributed by atoms with Crippen LogP contribution < -0.4 is 4.72 Å². The normalized spacial score (nSPS) is 15.6. The third-order valence-corrected chi connectivity index (χ3v) is 4.71. The van der Waals surface area contributed by atoms with E-state index in [0.29, 0.717) is 11.5 Å². The second kappa shape index (κ2) is 9.74. The molecule has 0 saturated heterocycles. The van der Waals surface area contributed by atoms with Gasteiger partial charge in [0, 0.05) is 48.8 Å². The van der Waals surface area contributed by atoms with Gasteiger partial charge >= 0.3 is 0 Å². The fourth-order valence-electron chi connectivity index (χ4n) is 1.19. The molecule has 0 bridgehead atoms. The zero-order valence-electron chi connectivity index (χ0n) is 9.82. The molecule has 2 unspecified atom stereocenters. The quantitative estimate of drug-likeness (QED) is 0.614. The van der Waals surface area contributed by atoms with Crippen LogP contribution in [-0.2, 0) is 22.7 Å². The van der Waals surface area contributed by atoms with Crippen LogP contribution in [0.5, 0.6) is 0 Å². The molecular weight excluding hydrogens is 232 g/mol. The molecule has 0 aliphatic rings. The fraction of sp³-hybridized carbons (Fsp3) is 1.00. The SMILES string of the molecule is CCN[S+]([O-])CCCN(CC)[S+]([O-])CC. The van der Waals surface area contributed by atoms with Crippen molar-refractivity contribution in [2.75, 3.05) is 31.1 Å². The monoisotopic (exact) mass is 254 g/mol. The van der Waals surface area contributed by atoms with Gasteiger partial charge in [0.05, 0.1) is 0 Å². The molecule has 0 radical (unpaired) electrons. The summed E-state index contributed by atoms with van der Waals surface area (Å²) in [5.41, 5.74) is 0. The van der Waals surface area contributed by atoms with Gasteiger partial charge in [0.25, 0.3) is 0 Å². The standard InChI is InChI=1S/C9H22N2O2S2/c1-4-10-14(12)9-7-8-11(5-2)15(13)6-3/h10H,4-9H2,1-3H3. The molecular formula is C9H22N2O2S2. The highest BCUT2D eigenvalue weighted by Gasteiger charge is 2.16. The van der Waals surface area contributed by atoms with Crippen LogP contribution >= 0.6 is 0 Å². The molecule has 1 N–H and O–H groups in total. The van der Waals surface area contributed by atoms with Crippen molar-refractivity contribution in [3.8, 4) is 0 Å². The Morgan fingerprint density at radius 3 is 2.33 bits per heavy atom. The topological polar surface area (TPSA) is 61.4 Å². The van der Waals surface area contributed by atoms with Gasteiger partial charge in [-0.05, 0) is 20.8 Å². The van der Waals surface area contributed by atoms with E-state index in [2.05, 4.69) is 4.72 Å². The van der Waals surface area contributed by atoms with E-state index >= 15 is 0 Å². The van der Waals surface area contributed by atoms with E-state index in [1.165, 1.54) is 0 Å². The Labute approximate surface area is 99.4 Å². The summed E-state index contributed by atoms with van der Waals surface area (Å²) in [6.07, 6.45) is 0.819. The van der Waals surface area contributed by atoms with Crippen LogP contribution in [0.3, 0.4) is 0 Å². The minimum atomic E-state index is -0.929. The Balaban J connectivity index is 3.62. The van der Waals surface area contributed by atoms with Crippen LogP contribution in [-0.4, -0.2) is 44.6 Å². The Morgan fingerprint density at radius 1 is 1.20 bits per heavy atom. The van der Waals surface area contributed by atoms with Crippen molar-refractivity contribution in [2.24, 2.45) is 0 Å². The van der Waals surface area contributed by atoms with Gasteiger partial charge in [0.15, 0.2) is 0 Å². The van der Waals surface area contributed by atoms with Crippen LogP contribution in [0.1, 0.15) is 27.2 Å². The van der Waals surface area contributed by atoms with Crippen LogP contribution in [0.15, 0.2) is 0 Å². The van der Waals surface area contributed by atoms with Gasteiger partial charge in [-0.1, -0.05) is 0 Å². The van der Waals surface area contributed by atoms with E-state index in [9.17, 15) is 9.11 Å². The van der Waals surface area contributed by atoms with Gasteiger partial charge in [-0.25, -0.2) is 0 Å². The van der Waals surface area contributed by atoms with E-state index in [-0.39, 0.29) is 0 Å². The Hall–Kier alpha value is 0.540. The van der Waals surface area contributed by atoms with E-state index in [1.807, 2.05) is 25.1 Å². The van der Waals surface area contributed by atoms with Crippen LogP contribution in [0, 0.1) is 0 Å². The first-order valence-corrected chi connectivity index (χ1v) is 8.00. The van der Waals surface area contributed by atoms with Crippen molar-refractivity contribution in [2.45, 2.75) is 27.2 Å². The van der Waals surface area contributed by atoms with Crippen molar-refractivity contribution in [3.63, 3.8) is 0 Å². The molecule has 4 nitrogen and oxygen atoms in total. The molecule has 0 rings (SSSR count). The Kier molecular flexibility index (Phi) is 10.1. The minimum Gasteiger partial charge on any atom is -0.598 e. The van der Waals surface area contributed by atoms with Crippen molar-refractivity contribution < 1.29 is 9.11 Å². The average Bonchev–Trinajstić information content (AvgIpc) is 2.24. The number of hydrogen-bond acceptors (Lipinski definition) is 4. The second-order valence-corrected chi connectivity index (χ2v) is 6.16. The molecule has 92 valence electrons. The Bertz CT molecular complexity index is 152. The molecule has 0 aromatic heterocycles. The molecule has 6 heteroatoms. The Morgan fingerprint density at radius 2 is 1.87 bits per heavy atom. The molecule has 0 heterocycles. The van der Waals surface area contributed by atoms with Crippen LogP contribution in [0.2, 0.25) is 0 Å². The molecule has 0 amide bonds. The van der Waals surface area contributed by atoms with E-state index < -0.39 is 22.7 Å². The summed E-state index contributed by atoms with van der Waals surface area (Å²) in [5, 5.41) is 0. The van der Waals surface area contributed by atoms with E-state index in [0.717, 1.165) is 26.1 Å². The molecule has 0 aliphatic carbocycles. The van der Waals surface area contributed by atoms with Gasteiger partial charge in [0.1, 0.15) is 11.5 Å². The summed E-state index contributed by atoms with van der Waals surface area (Å²) in [6, 6.07) is 0. The maximum absolute atomic E-state index is 11.5. The van der Waals surface area contributed by atoms with E-state index in [1.54, 1.807) is 0 Å². The van der Waals surface area contributed by atoms with Gasteiger partial charge < -0.3 is 9.11 Å². The minimum absolute atomic E-state index is 0.630. The smallest absolute Gasteiger partial charge is 0.127 e. The van der Waals surface area contributed by atoms with E-state index in [4.69, 9.17) is 0 Å². The lowest BCUT2D eigenvalue weighted by Crippen LogP contribution is -2.35. The number of hydrogen-bond donors (Lipinski definition) is 1. The fourth-order valence-corrected chi connectivity index (χ4v) is 3.04. The lowest BCUT2D eigenvalue weighted by molar-refractivity contribution is 0.427. The van der Waals surface area contributed by atoms with Crippen LogP contribution in [0.25, 0.3) is 0 Å². The predicted octanol–water partition coefficient (Wildman–Crippen LogP) is 0.655. The van der Waals surface area contributed by atoms with Crippen molar-refractivity contribution in [3.05, 3.63) is 0 Å². The first-order valence-electron chi connectivity index (χ1n) is 5.40. The number of nitrogens with zero attached hydrogens (tertiary/aromatic N) is 1. The molecule has 0 fully saturated rings. The first-order chi connectivity index (χ1) is 7.15. The highest BCUT2D eigenvalue weighted by atomic mass is 32.2. The lowest BCUT2D eigenvalue weighted by Gasteiger charge is -2.22. The molecule has 0 saturated carbocycles. The van der Waals surface area contributed by atoms with Crippen molar-refractivity contribution in [1.29, 1.82) is 0 Å². The molecule has 0 aromatic carbocycles. The largest absolute Gasteiger partial charge is 0.598 e. The van der Waals surface area contributed by atoms with Crippen molar-refractivity contribution in [1.82, 2.24) is 9.03 Å². The van der Waals surface area contributed by atoms with Gasteiger partial charge in [-0.3, -0.25) is 0 Å². The molecule has 0 aromatic rings. The van der Waals surface area contributed by atoms with Gasteiger partial charge in [0.2, 0.25) is 0 Å². The molecule has 0 spiro atoms. The number of rotatable bonds is 9. The summed E-state index contributed by atoms with van der Waals surface area (Å²) >= 11 is -1.80. The maximum Gasteiger partial charge on any atom is 0.127 e. The summed E-state index contributed by atoms with van der Waals surface area (Å²) in [6.45, 7) is 8.11. The average molecular weight is 254 g/mol. The van der Waals surface area contributed by atoms with Gasteiger partial charge in [-0.2, -0.15) is 0 Å². The second-order valence-electron chi connectivity index (χ2n) is 3.03. The number of nitrogens with one attached hydrogen (secondary N) is 1. The van der Waals surface area contributed by atoms with Crippen molar-refractivity contribution >= 4 is 22.7 Å². The predicted molar refractivity (Wildman–Crippen MR) is 67.2 cm³/mol. The maximum atomic E-state index is 11.5. The van der Waals surface area contributed by atoms with Gasteiger partial charge in [-0.15, -0.1) is 9.03 Å². The highest BCUT2D eigenvalue weighted by molar-refractivity contribution is 7.89. The third-order valence-electron chi connectivity index (χ3n) is 1.93. The summed E-state index contributed by atoms with van der Waals surface area (Å²) in [5.74, 6) is 1.29. The lowest BCUT2D eigenvalue weighted by atomic mass is 10.5. The third kappa shape index (κ3) is 7.43. The molecule has 15 heavy (non-hydrogen) atoms. The summed E-state index contributed by atoms with van der Waals surface area (Å²) in [7, 11) is 0. The molecule has 2 atom stereocenters. The summed E-state index contributed by atoms with van der Waals surface area (Å²) < 4.78 is 27.5.